The smallest absolute Gasteiger partial charge is 0.265 e. The molecule has 0 saturated heterocycles. The Morgan fingerprint density at radius 3 is 1.73 bits per heavy atom. The second kappa shape index (κ2) is 13.6. The summed E-state index contributed by atoms with van der Waals surface area (Å²) in [6, 6.07) is 4.86. The van der Waals surface area contributed by atoms with E-state index in [0.717, 1.165) is 12.1 Å². The molecule has 4 aromatic carbocycles. The van der Waals surface area contributed by atoms with Gasteiger partial charge in [0.2, 0.25) is 5.83 Å². The number of halogens is 15. The highest BCUT2D eigenvalue weighted by Crippen LogP contribution is 2.46. The minimum atomic E-state index is -4.08. The molecule has 324 valence electrons. The fraction of sp³-hybridized carbons (Fsp3) is 0.0513. The Kier molecular flexibility index (Phi) is 8.53. The molecule has 0 amide bonds. The van der Waals surface area contributed by atoms with Crippen LogP contribution in [0.2, 0.25) is 0 Å². The monoisotopic (exact) mass is 907 g/mol. The van der Waals surface area contributed by atoms with Crippen LogP contribution in [0.1, 0.15) is 27.8 Å². The lowest BCUT2D eigenvalue weighted by Gasteiger charge is -2.29. The highest BCUT2D eigenvalue weighted by molar-refractivity contribution is 6.27. The van der Waals surface area contributed by atoms with Crippen LogP contribution in [0.5, 0.6) is 5.75 Å². The molecular formula is C39H12F15N9O. The largest absolute Gasteiger partial charge is 0.497 e. The van der Waals surface area contributed by atoms with Gasteiger partial charge in [-0.3, -0.25) is 0 Å². The molecule has 10 rings (SSSR count). The number of hydrogen-bond donors (Lipinski definition) is 4. The lowest BCUT2D eigenvalue weighted by atomic mass is 9.96. The molecule has 1 aliphatic carbocycles. The van der Waals surface area contributed by atoms with Crippen LogP contribution in [0.4, 0.5) is 89.0 Å². The molecule has 0 fully saturated rings. The summed E-state index contributed by atoms with van der Waals surface area (Å²) in [5, 5.41) is 0.0128. The molecule has 25 heteroatoms. The summed E-state index contributed by atoms with van der Waals surface area (Å²) in [5.41, 5.74) is -7.78. The van der Waals surface area contributed by atoms with Gasteiger partial charge in [-0.1, -0.05) is 0 Å². The van der Waals surface area contributed by atoms with Crippen molar-refractivity contribution < 1.29 is 70.6 Å². The van der Waals surface area contributed by atoms with Crippen LogP contribution in [0.15, 0.2) is 66.9 Å². The lowest BCUT2D eigenvalue weighted by Crippen LogP contribution is -2.43. The first kappa shape index (κ1) is 40.2. The highest BCUT2D eigenvalue weighted by atomic mass is 19.2. The number of methoxy groups -OCH3 is 1. The van der Waals surface area contributed by atoms with E-state index in [2.05, 4.69) is 40.2 Å². The lowest BCUT2D eigenvalue weighted by molar-refractivity contribution is 0.201. The van der Waals surface area contributed by atoms with E-state index in [-0.39, 0.29) is 17.5 Å². The van der Waals surface area contributed by atoms with Crippen LogP contribution < -0.4 is 26.1 Å². The van der Waals surface area contributed by atoms with Gasteiger partial charge >= 0.3 is 0 Å². The molecule has 6 aromatic rings. The first-order chi connectivity index (χ1) is 30.4. The van der Waals surface area contributed by atoms with Crippen molar-refractivity contribution in [1.82, 2.24) is 9.97 Å². The summed E-state index contributed by atoms with van der Waals surface area (Å²) in [5.74, 6) is -44.7. The molecule has 64 heavy (non-hydrogen) atoms. The van der Waals surface area contributed by atoms with E-state index in [1.165, 1.54) is 19.2 Å². The molecule has 5 heterocycles. The number of benzene rings is 4. The zero-order valence-electron chi connectivity index (χ0n) is 30.7. The van der Waals surface area contributed by atoms with Gasteiger partial charge in [0.15, 0.2) is 93.2 Å². The molecule has 1 unspecified atom stereocenters. The van der Waals surface area contributed by atoms with Crippen molar-refractivity contribution >= 4 is 63.1 Å². The number of anilines is 2. The summed E-state index contributed by atoms with van der Waals surface area (Å²) in [4.78, 5) is 23.3. The van der Waals surface area contributed by atoms with Crippen molar-refractivity contribution in [2.24, 2.45) is 25.0 Å². The summed E-state index contributed by atoms with van der Waals surface area (Å²) >= 11 is 0. The Morgan fingerprint density at radius 1 is 0.562 bits per heavy atom. The van der Waals surface area contributed by atoms with Crippen molar-refractivity contribution in [3.05, 3.63) is 144 Å². The fourth-order valence-corrected chi connectivity index (χ4v) is 7.42. The topological polar surface area (TPSA) is 127 Å². The second-order valence-electron chi connectivity index (χ2n) is 13.8. The molecular weight excluding hydrogens is 895 g/mol. The van der Waals surface area contributed by atoms with Crippen molar-refractivity contribution in [3.63, 3.8) is 0 Å². The third-order valence-electron chi connectivity index (χ3n) is 10.3. The average Bonchev–Trinajstić information content (AvgIpc) is 4.02. The van der Waals surface area contributed by atoms with Crippen LogP contribution in [0.25, 0.3) is 16.6 Å². The Hall–Kier alpha value is -7.86. The Bertz CT molecular complexity index is 3500. The SMILES string of the molecule is COc1ccc(NC2(F)C(F)=C(F)C(F)=c3c2c2[nH]c3=NC3=NC(=Nc4[nH]c(c5c(F)c(F)c(F)c(F)c45)N=C4N=C(N2)c2c(F)c(F)c(F)c(F)c24)c2c3cc(F)c(F)c2F)cc1. The first-order valence-corrected chi connectivity index (χ1v) is 17.6. The van der Waals surface area contributed by atoms with E-state index in [1.54, 1.807) is 0 Å². The number of nitrogens with zero attached hydrogens (tertiary/aromatic N) is 5. The molecule has 3 aliphatic heterocycles. The number of hydrogen-bond acceptors (Lipinski definition) is 8. The summed E-state index contributed by atoms with van der Waals surface area (Å²) in [6.07, 6.45) is 0. The predicted molar refractivity (Wildman–Crippen MR) is 195 cm³/mol. The molecule has 0 spiro atoms. The number of nitrogens with one attached hydrogen (secondary N) is 4. The van der Waals surface area contributed by atoms with E-state index >= 15 is 39.5 Å². The van der Waals surface area contributed by atoms with Gasteiger partial charge in [0.1, 0.15) is 34.5 Å². The zero-order chi connectivity index (χ0) is 45.6. The molecule has 0 saturated carbocycles. The number of aliphatic imine (C=N–C) groups is 4. The quantitative estimate of drug-likeness (QED) is 0.0614. The third-order valence-corrected chi connectivity index (χ3v) is 10.3. The van der Waals surface area contributed by atoms with Crippen LogP contribution in [0, 0.1) is 64.0 Å². The molecule has 8 bridgehead atoms. The molecule has 0 radical (unpaired) electrons. The minimum Gasteiger partial charge on any atom is -0.497 e. The normalized spacial score (nSPS) is 17.3. The number of rotatable bonds is 3. The maximum absolute atomic E-state index is 17.6. The van der Waals surface area contributed by atoms with E-state index in [9.17, 15) is 26.3 Å². The van der Waals surface area contributed by atoms with Crippen LogP contribution in [0.3, 0.4) is 0 Å². The van der Waals surface area contributed by atoms with E-state index in [0.29, 0.717) is 0 Å². The van der Waals surface area contributed by atoms with Gasteiger partial charge < -0.3 is 25.3 Å². The van der Waals surface area contributed by atoms with Gasteiger partial charge in [-0.15, -0.1) is 0 Å². The van der Waals surface area contributed by atoms with Crippen molar-refractivity contribution in [1.29, 1.82) is 0 Å². The van der Waals surface area contributed by atoms with Gasteiger partial charge in [0, 0.05) is 11.3 Å². The summed E-state index contributed by atoms with van der Waals surface area (Å²) in [7, 11) is 1.25. The number of fused-ring (bicyclic) bond motifs is 18. The van der Waals surface area contributed by atoms with E-state index in [4.69, 9.17) is 4.74 Å². The van der Waals surface area contributed by atoms with Crippen molar-refractivity contribution in [2.75, 3.05) is 17.7 Å². The Labute approximate surface area is 342 Å². The van der Waals surface area contributed by atoms with Crippen molar-refractivity contribution in [2.45, 2.75) is 5.79 Å². The van der Waals surface area contributed by atoms with Crippen molar-refractivity contribution in [3.8, 4) is 5.75 Å². The van der Waals surface area contributed by atoms with Gasteiger partial charge in [-0.2, -0.15) is 0 Å². The number of ether oxygens (including phenoxy) is 1. The van der Waals surface area contributed by atoms with Gasteiger partial charge in [-0.25, -0.2) is 90.8 Å². The molecule has 10 nitrogen and oxygen atoms in total. The molecule has 4 aliphatic rings. The highest BCUT2D eigenvalue weighted by Gasteiger charge is 2.50. The van der Waals surface area contributed by atoms with Crippen LogP contribution >= 0.6 is 0 Å². The first-order valence-electron chi connectivity index (χ1n) is 17.6. The van der Waals surface area contributed by atoms with Gasteiger partial charge in [0.05, 0.1) is 45.4 Å². The molecule has 4 N–H and O–H groups in total. The Balaban J connectivity index is 1.37. The number of aromatic amines is 2. The number of aromatic nitrogens is 2. The average molecular weight is 908 g/mol. The third kappa shape index (κ3) is 5.34. The van der Waals surface area contributed by atoms with E-state index in [1.807, 2.05) is 5.32 Å². The van der Waals surface area contributed by atoms with Gasteiger partial charge in [0.25, 0.3) is 5.79 Å². The van der Waals surface area contributed by atoms with Gasteiger partial charge in [-0.05, 0) is 30.3 Å². The Morgan fingerprint density at radius 2 is 1.12 bits per heavy atom. The zero-order valence-corrected chi connectivity index (χ0v) is 30.7. The maximum Gasteiger partial charge on any atom is 0.265 e. The number of amidine groups is 4. The van der Waals surface area contributed by atoms with Crippen LogP contribution in [-0.4, -0.2) is 40.4 Å². The van der Waals surface area contributed by atoms with Crippen LogP contribution in [-0.2, 0) is 5.79 Å². The number of allylic oxidation sites excluding steroid dienone is 1. The molecule has 2 aromatic heterocycles. The molecule has 1 atom stereocenters. The summed E-state index contributed by atoms with van der Waals surface area (Å²) < 4.78 is 238. The predicted octanol–water partition coefficient (Wildman–Crippen LogP) is 8.93. The summed E-state index contributed by atoms with van der Waals surface area (Å²) in [6.45, 7) is 0. The fourth-order valence-electron chi connectivity index (χ4n) is 7.42. The number of alkyl halides is 1. The van der Waals surface area contributed by atoms with E-state index < -0.39 is 177 Å². The number of H-pyrrole nitrogens is 2. The minimum absolute atomic E-state index is 0.175. The standard InChI is InChI=1S/C39H12F15N9O/c1-64-8-4-2-7(3-5-8)63-39(54)17-16(24(47)29(52)30(39)53)37-56-31-9-6-10(40)18(41)19(42)11(9)32(55-31)57-33-12-13(21(44)26(49)25(48)20(12)43)34(58-33)59-35-14-15(36(60-35)61-38(17)62-37)23(46)28(51)27(50)22(14)45/h2-6,58,63H,1H3,(H,59,60,61)(H,55,56,57,62). The second-order valence-corrected chi connectivity index (χ2v) is 13.8. The maximum atomic E-state index is 17.6.